The van der Waals surface area contributed by atoms with Crippen molar-refractivity contribution in [3.63, 3.8) is 0 Å². The summed E-state index contributed by atoms with van der Waals surface area (Å²) in [5.41, 5.74) is 4.84. The van der Waals surface area contributed by atoms with Crippen molar-refractivity contribution in [1.82, 2.24) is 0 Å². The molecule has 0 bridgehead atoms. The van der Waals surface area contributed by atoms with Gasteiger partial charge >= 0.3 is 11.9 Å². The largest absolute Gasteiger partial charge is 0.480 e. The van der Waals surface area contributed by atoms with Crippen LogP contribution in [0.4, 0.5) is 0 Å². The topological polar surface area (TPSA) is 239 Å². The summed E-state index contributed by atoms with van der Waals surface area (Å²) in [5, 5.41) is 66.4. The van der Waals surface area contributed by atoms with E-state index in [0.29, 0.717) is 0 Å². The summed E-state index contributed by atoms with van der Waals surface area (Å²) in [7, 11) is 0. The molecule has 0 aliphatic rings. The first-order chi connectivity index (χ1) is 10.5. The molecule has 0 saturated carbocycles. The highest BCUT2D eigenvalue weighted by molar-refractivity contribution is 5.72. The minimum Gasteiger partial charge on any atom is -0.480 e. The van der Waals surface area contributed by atoms with E-state index >= 15 is 0 Å². The van der Waals surface area contributed by atoms with Gasteiger partial charge in [0.25, 0.3) is 0 Å². The Labute approximate surface area is 131 Å². The molecule has 0 aromatic heterocycles. The molecule has 12 nitrogen and oxygen atoms in total. The van der Waals surface area contributed by atoms with Crippen LogP contribution in [0.15, 0.2) is 0 Å². The van der Waals surface area contributed by atoms with Gasteiger partial charge in [0.05, 0.1) is 6.61 Å². The third-order valence-corrected chi connectivity index (χ3v) is 1.95. The van der Waals surface area contributed by atoms with Gasteiger partial charge in [0.2, 0.25) is 0 Å². The molecule has 5 atom stereocenters. The average molecular weight is 345 g/mol. The normalized spacial score (nSPS) is 16.2. The Kier molecular flexibility index (Phi) is 17.4. The molecule has 0 spiro atoms. The van der Waals surface area contributed by atoms with Crippen molar-refractivity contribution in [1.29, 1.82) is 0 Å². The van der Waals surface area contributed by atoms with Crippen LogP contribution in [-0.2, 0) is 14.4 Å². The molecule has 0 fully saturated rings. The lowest BCUT2D eigenvalue weighted by Crippen LogP contribution is -2.46. The summed E-state index contributed by atoms with van der Waals surface area (Å²) in [5.74, 6) is -2.15. The molecule has 0 saturated heterocycles. The van der Waals surface area contributed by atoms with Gasteiger partial charge in [-0.1, -0.05) is 0 Å². The molecule has 138 valence electrons. The molecule has 0 aromatic carbocycles. The molecule has 0 radical (unpaired) electrons. The van der Waals surface area contributed by atoms with Gasteiger partial charge in [-0.2, -0.15) is 0 Å². The summed E-state index contributed by atoms with van der Waals surface area (Å²) in [6.45, 7) is -0.119. The number of aliphatic carboxylic acids is 2. The van der Waals surface area contributed by atoms with Crippen LogP contribution in [-0.4, -0.2) is 103 Å². The number of nitrogens with two attached hydrogens (primary N) is 1. The Bertz CT molecular complexity index is 336. The number of carbonyl (C=O) groups excluding carboxylic acids is 1. The highest BCUT2D eigenvalue weighted by Gasteiger charge is 2.29. The lowest BCUT2D eigenvalue weighted by Gasteiger charge is -2.22. The third-order valence-electron chi connectivity index (χ3n) is 1.95. The second-order valence-corrected chi connectivity index (χ2v) is 4.04. The zero-order valence-electron chi connectivity index (χ0n) is 12.3. The molecule has 10 N–H and O–H groups in total. The molecule has 23 heavy (non-hydrogen) atoms. The van der Waals surface area contributed by atoms with Crippen LogP contribution < -0.4 is 5.73 Å². The molecule has 0 aliphatic heterocycles. The predicted octanol–water partition coefficient (Wildman–Crippen LogP) is -4.90. The van der Waals surface area contributed by atoms with Crippen LogP contribution in [0.1, 0.15) is 6.92 Å². The lowest BCUT2D eigenvalue weighted by molar-refractivity contribution is -0.140. The predicted molar refractivity (Wildman–Crippen MR) is 73.2 cm³/mol. The minimum absolute atomic E-state index is 0.0258. The number of carbonyl (C=O) groups is 3. The average Bonchev–Trinajstić information content (AvgIpc) is 2.52. The van der Waals surface area contributed by atoms with Crippen LogP contribution in [0, 0.1) is 0 Å². The summed E-state index contributed by atoms with van der Waals surface area (Å²) in [6, 6.07) is -0.731. The van der Waals surface area contributed by atoms with Crippen molar-refractivity contribution in [3.8, 4) is 0 Å². The molecular weight excluding hydrogens is 322 g/mol. The van der Waals surface area contributed by atoms with Gasteiger partial charge in [0, 0.05) is 0 Å². The first kappa shape index (κ1) is 26.2. The van der Waals surface area contributed by atoms with E-state index in [-0.39, 0.29) is 6.29 Å². The van der Waals surface area contributed by atoms with Gasteiger partial charge in [0.1, 0.15) is 37.1 Å². The number of rotatable bonds is 7. The zero-order chi connectivity index (χ0) is 19.2. The summed E-state index contributed by atoms with van der Waals surface area (Å²) < 4.78 is 0. The molecule has 1 unspecified atom stereocenters. The molecule has 0 rings (SSSR count). The number of carboxylic acid groups (broad SMARTS) is 2. The SMILES string of the molecule is CC(N)C(=O)O.O=C(O)CO.O=C[C@H](O)[C@@H](O)[C@H](O)[C@H](O)CO. The fourth-order valence-corrected chi connectivity index (χ4v) is 0.618. The van der Waals surface area contributed by atoms with E-state index in [1.54, 1.807) is 0 Å². The third kappa shape index (κ3) is 16.5. The molecule has 12 heteroatoms. The molecule has 0 amide bonds. The standard InChI is InChI=1S/C6H12O6.C3H7NO2.C2H4O3/c7-1-3(9)5(11)6(12)4(10)2-8;1-2(4)3(5)6;3-1-2(4)5/h1,3-6,8-12H,2H2;2H,4H2,1H3,(H,5,6);3H,1H2,(H,4,5)/t3-,4+,5+,6+;;/m0../s1. The van der Waals surface area contributed by atoms with E-state index < -0.39 is 55.6 Å². The number of aliphatic hydroxyl groups is 6. The van der Waals surface area contributed by atoms with Crippen molar-refractivity contribution in [2.75, 3.05) is 13.2 Å². The molecule has 0 aromatic rings. The summed E-state index contributed by atoms with van der Waals surface area (Å²) in [4.78, 5) is 28.6. The Morgan fingerprint density at radius 2 is 1.39 bits per heavy atom. The Morgan fingerprint density at radius 3 is 1.57 bits per heavy atom. The van der Waals surface area contributed by atoms with E-state index in [9.17, 15) is 9.59 Å². The molecule has 0 heterocycles. The maximum atomic E-state index is 9.90. The van der Waals surface area contributed by atoms with Gasteiger partial charge in [-0.3, -0.25) is 4.79 Å². The van der Waals surface area contributed by atoms with Crippen molar-refractivity contribution >= 4 is 18.2 Å². The van der Waals surface area contributed by atoms with Crippen molar-refractivity contribution in [3.05, 3.63) is 0 Å². The van der Waals surface area contributed by atoms with Gasteiger partial charge in [-0.25, -0.2) is 4.79 Å². The Balaban J connectivity index is -0.000000303. The van der Waals surface area contributed by atoms with Gasteiger partial charge in [-0.15, -0.1) is 0 Å². The van der Waals surface area contributed by atoms with Crippen molar-refractivity contribution in [2.45, 2.75) is 37.4 Å². The highest BCUT2D eigenvalue weighted by Crippen LogP contribution is 2.02. The van der Waals surface area contributed by atoms with Crippen molar-refractivity contribution in [2.24, 2.45) is 5.73 Å². The fraction of sp³-hybridized carbons (Fsp3) is 0.727. The number of aldehydes is 1. The smallest absolute Gasteiger partial charge is 0.329 e. The summed E-state index contributed by atoms with van der Waals surface area (Å²) >= 11 is 0. The quantitative estimate of drug-likeness (QED) is 0.197. The Hall–Kier alpha value is -1.67. The number of hydrogen-bond acceptors (Lipinski definition) is 10. The Morgan fingerprint density at radius 1 is 1.04 bits per heavy atom. The lowest BCUT2D eigenvalue weighted by atomic mass is 10.0. The van der Waals surface area contributed by atoms with E-state index in [4.69, 9.17) is 51.4 Å². The van der Waals surface area contributed by atoms with E-state index in [1.807, 2.05) is 0 Å². The maximum Gasteiger partial charge on any atom is 0.329 e. The van der Waals surface area contributed by atoms with Crippen LogP contribution >= 0.6 is 0 Å². The number of carboxylic acids is 2. The van der Waals surface area contributed by atoms with Crippen LogP contribution in [0.3, 0.4) is 0 Å². The van der Waals surface area contributed by atoms with Crippen molar-refractivity contribution < 1.29 is 55.2 Å². The molecular formula is C11H23NO11. The van der Waals surface area contributed by atoms with Gasteiger partial charge in [-0.05, 0) is 6.92 Å². The van der Waals surface area contributed by atoms with Gasteiger partial charge in [0.15, 0.2) is 6.29 Å². The van der Waals surface area contributed by atoms with E-state index in [0.717, 1.165) is 0 Å². The number of hydrogen-bond donors (Lipinski definition) is 9. The fourth-order valence-electron chi connectivity index (χ4n) is 0.618. The maximum absolute atomic E-state index is 9.90. The van der Waals surface area contributed by atoms with Gasteiger partial charge < -0.3 is 51.4 Å². The second kappa shape index (κ2) is 15.2. The first-order valence-corrected chi connectivity index (χ1v) is 6.05. The second-order valence-electron chi connectivity index (χ2n) is 4.04. The first-order valence-electron chi connectivity index (χ1n) is 6.05. The molecule has 0 aliphatic carbocycles. The minimum atomic E-state index is -1.79. The zero-order valence-corrected chi connectivity index (χ0v) is 12.3. The van der Waals surface area contributed by atoms with Crippen LogP contribution in [0.25, 0.3) is 0 Å². The van der Waals surface area contributed by atoms with E-state index in [1.165, 1.54) is 6.92 Å². The monoisotopic (exact) mass is 345 g/mol. The number of aliphatic hydroxyl groups excluding tert-OH is 6. The van der Waals surface area contributed by atoms with E-state index in [2.05, 4.69) is 0 Å². The summed E-state index contributed by atoms with van der Waals surface area (Å²) in [6.07, 6.45) is -6.84. The highest BCUT2D eigenvalue weighted by atomic mass is 16.4. The van der Waals surface area contributed by atoms with Crippen LogP contribution in [0.5, 0.6) is 0 Å². The van der Waals surface area contributed by atoms with Crippen LogP contribution in [0.2, 0.25) is 0 Å².